The van der Waals surface area contributed by atoms with Crippen molar-refractivity contribution in [3.05, 3.63) is 65.7 Å². The van der Waals surface area contributed by atoms with Gasteiger partial charge >= 0.3 is 0 Å². The summed E-state index contributed by atoms with van der Waals surface area (Å²) >= 11 is 0. The van der Waals surface area contributed by atoms with Crippen LogP contribution in [-0.2, 0) is 6.54 Å². The molecule has 0 amide bonds. The fraction of sp³-hybridized carbons (Fsp3) is 0.429. The van der Waals surface area contributed by atoms with Crippen molar-refractivity contribution in [1.29, 1.82) is 0 Å². The maximum atomic E-state index is 10.4. The molecule has 1 N–H and O–H groups in total. The molecule has 1 atom stereocenters. The van der Waals surface area contributed by atoms with E-state index in [2.05, 4.69) is 37.8 Å². The highest BCUT2D eigenvalue weighted by Crippen LogP contribution is 2.19. The van der Waals surface area contributed by atoms with Crippen molar-refractivity contribution in [3.63, 3.8) is 0 Å². The van der Waals surface area contributed by atoms with Crippen LogP contribution >= 0.6 is 0 Å². The maximum absolute atomic E-state index is 10.4. The molecule has 0 saturated carbocycles. The van der Waals surface area contributed by atoms with Crippen molar-refractivity contribution in [2.75, 3.05) is 13.2 Å². The minimum Gasteiger partial charge on any atom is -0.491 e. The summed E-state index contributed by atoms with van der Waals surface area (Å²) in [4.78, 5) is 2.29. The Balaban J connectivity index is 1.95. The van der Waals surface area contributed by atoms with Gasteiger partial charge in [-0.2, -0.15) is 0 Å². The number of aryl methyl sites for hydroxylation is 1. The lowest BCUT2D eigenvalue weighted by Gasteiger charge is -2.37. The highest BCUT2D eigenvalue weighted by molar-refractivity contribution is 5.31. The third-order valence-electron chi connectivity index (χ3n) is 4.12. The van der Waals surface area contributed by atoms with Gasteiger partial charge in [0.25, 0.3) is 0 Å². The van der Waals surface area contributed by atoms with Crippen LogP contribution in [0, 0.1) is 6.92 Å². The van der Waals surface area contributed by atoms with Crippen LogP contribution in [0.1, 0.15) is 31.9 Å². The Bertz CT molecular complexity index is 619. The van der Waals surface area contributed by atoms with Gasteiger partial charge < -0.3 is 9.84 Å². The van der Waals surface area contributed by atoms with E-state index in [0.717, 1.165) is 17.9 Å². The van der Waals surface area contributed by atoms with Gasteiger partial charge in [0.15, 0.2) is 0 Å². The van der Waals surface area contributed by atoms with E-state index in [9.17, 15) is 5.11 Å². The lowest BCUT2D eigenvalue weighted by atomic mass is 10.0. The fourth-order valence-corrected chi connectivity index (χ4v) is 2.59. The number of β-amino-alcohol motifs (C(OH)–C–C–N with tert-alkyl or cyclic N) is 1. The Morgan fingerprint density at radius 1 is 1.00 bits per heavy atom. The van der Waals surface area contributed by atoms with Crippen LogP contribution in [0.2, 0.25) is 0 Å². The van der Waals surface area contributed by atoms with E-state index >= 15 is 0 Å². The molecule has 2 rings (SSSR count). The zero-order valence-corrected chi connectivity index (χ0v) is 15.2. The van der Waals surface area contributed by atoms with E-state index in [0.29, 0.717) is 13.2 Å². The second-order valence-corrected chi connectivity index (χ2v) is 7.27. The molecule has 0 aliphatic heterocycles. The van der Waals surface area contributed by atoms with Crippen molar-refractivity contribution >= 4 is 0 Å². The Hall–Kier alpha value is -1.84. The summed E-state index contributed by atoms with van der Waals surface area (Å²) in [6.07, 6.45) is -0.535. The van der Waals surface area contributed by atoms with Crippen LogP contribution in [0.15, 0.2) is 54.6 Å². The molecule has 1 unspecified atom stereocenters. The summed E-state index contributed by atoms with van der Waals surface area (Å²) in [5, 5.41) is 10.4. The third-order valence-corrected chi connectivity index (χ3v) is 4.12. The number of rotatable bonds is 7. The molecule has 0 aliphatic rings. The molecular weight excluding hydrogens is 298 g/mol. The molecule has 24 heavy (non-hydrogen) atoms. The first-order chi connectivity index (χ1) is 11.4. The number of aliphatic hydroxyl groups excluding tert-OH is 1. The van der Waals surface area contributed by atoms with Crippen LogP contribution in [-0.4, -0.2) is 34.8 Å². The quantitative estimate of drug-likeness (QED) is 0.833. The number of hydrogen-bond donors (Lipinski definition) is 1. The van der Waals surface area contributed by atoms with Crippen molar-refractivity contribution < 1.29 is 9.84 Å². The lowest BCUT2D eigenvalue weighted by Crippen LogP contribution is -2.46. The molecule has 0 spiro atoms. The zero-order chi connectivity index (χ0) is 17.6. The van der Waals surface area contributed by atoms with E-state index < -0.39 is 6.10 Å². The summed E-state index contributed by atoms with van der Waals surface area (Å²) in [5.41, 5.74) is 2.31. The van der Waals surface area contributed by atoms with Gasteiger partial charge in [-0.15, -0.1) is 0 Å². The molecule has 3 nitrogen and oxygen atoms in total. The molecule has 0 fully saturated rings. The summed E-state index contributed by atoms with van der Waals surface area (Å²) < 4.78 is 5.79. The van der Waals surface area contributed by atoms with Crippen LogP contribution in [0.4, 0.5) is 0 Å². The van der Waals surface area contributed by atoms with Crippen molar-refractivity contribution in [2.24, 2.45) is 0 Å². The van der Waals surface area contributed by atoms with E-state index in [1.54, 1.807) is 0 Å². The van der Waals surface area contributed by atoms with Gasteiger partial charge in [-0.1, -0.05) is 48.5 Å². The smallest absolute Gasteiger partial charge is 0.122 e. The number of aliphatic hydroxyl groups is 1. The van der Waals surface area contributed by atoms with E-state index in [1.807, 2.05) is 49.4 Å². The van der Waals surface area contributed by atoms with Gasteiger partial charge in [-0.25, -0.2) is 0 Å². The molecule has 0 bridgehead atoms. The number of nitrogens with zero attached hydrogens (tertiary/aromatic N) is 1. The second kappa shape index (κ2) is 8.32. The van der Waals surface area contributed by atoms with E-state index in [4.69, 9.17) is 4.74 Å². The first-order valence-corrected chi connectivity index (χ1v) is 8.52. The third kappa shape index (κ3) is 5.66. The Kier molecular flexibility index (Phi) is 6.41. The van der Waals surface area contributed by atoms with Gasteiger partial charge in [0.1, 0.15) is 18.5 Å². The molecule has 3 heteroatoms. The summed E-state index contributed by atoms with van der Waals surface area (Å²) in [7, 11) is 0. The largest absolute Gasteiger partial charge is 0.491 e. The van der Waals surface area contributed by atoms with Crippen LogP contribution in [0.5, 0.6) is 5.75 Å². The Morgan fingerprint density at radius 3 is 2.25 bits per heavy atom. The van der Waals surface area contributed by atoms with Gasteiger partial charge in [0.05, 0.1) is 0 Å². The SMILES string of the molecule is Cc1ccccc1OCC(O)CN(Cc1ccccc1)C(C)(C)C. The monoisotopic (exact) mass is 327 g/mol. The van der Waals surface area contributed by atoms with Crippen LogP contribution in [0.3, 0.4) is 0 Å². The van der Waals surface area contributed by atoms with Gasteiger partial charge in [-0.3, -0.25) is 4.90 Å². The average molecular weight is 327 g/mol. The molecule has 0 aromatic heterocycles. The van der Waals surface area contributed by atoms with E-state index in [1.165, 1.54) is 5.56 Å². The summed E-state index contributed by atoms with van der Waals surface area (Å²) in [5.74, 6) is 0.835. The number of para-hydroxylation sites is 1. The predicted octanol–water partition coefficient (Wildman–Crippen LogP) is 4.04. The molecule has 0 radical (unpaired) electrons. The highest BCUT2D eigenvalue weighted by Gasteiger charge is 2.24. The van der Waals surface area contributed by atoms with Gasteiger partial charge in [0.2, 0.25) is 0 Å². The van der Waals surface area contributed by atoms with Crippen molar-refractivity contribution in [2.45, 2.75) is 45.9 Å². The molecule has 2 aromatic carbocycles. The molecule has 0 heterocycles. The first kappa shape index (κ1) is 18.5. The second-order valence-electron chi connectivity index (χ2n) is 7.27. The highest BCUT2D eigenvalue weighted by atomic mass is 16.5. The Morgan fingerprint density at radius 2 is 1.62 bits per heavy atom. The van der Waals surface area contributed by atoms with Crippen LogP contribution in [0.25, 0.3) is 0 Å². The fourth-order valence-electron chi connectivity index (χ4n) is 2.59. The number of ether oxygens (including phenoxy) is 1. The topological polar surface area (TPSA) is 32.7 Å². The normalized spacial score (nSPS) is 13.1. The van der Waals surface area contributed by atoms with E-state index in [-0.39, 0.29) is 5.54 Å². The average Bonchev–Trinajstić information content (AvgIpc) is 2.53. The number of benzene rings is 2. The Labute approximate surface area is 145 Å². The maximum Gasteiger partial charge on any atom is 0.122 e. The van der Waals surface area contributed by atoms with Gasteiger partial charge in [0, 0.05) is 18.6 Å². The summed E-state index contributed by atoms with van der Waals surface area (Å²) in [6, 6.07) is 18.2. The van der Waals surface area contributed by atoms with Crippen LogP contribution < -0.4 is 4.74 Å². The zero-order valence-electron chi connectivity index (χ0n) is 15.2. The predicted molar refractivity (Wildman–Crippen MR) is 99.3 cm³/mol. The van der Waals surface area contributed by atoms with Gasteiger partial charge in [-0.05, 0) is 44.9 Å². The molecular formula is C21H29NO2. The standard InChI is InChI=1S/C21H29NO2/c1-17-10-8-9-13-20(17)24-16-19(23)15-22(21(2,3)4)14-18-11-6-5-7-12-18/h5-13,19,23H,14-16H2,1-4H3. The lowest BCUT2D eigenvalue weighted by molar-refractivity contribution is 0.0283. The minimum absolute atomic E-state index is 0.0283. The summed E-state index contributed by atoms with van der Waals surface area (Å²) in [6.45, 7) is 10.2. The minimum atomic E-state index is -0.535. The molecule has 0 saturated heterocycles. The molecule has 2 aromatic rings. The molecule has 130 valence electrons. The first-order valence-electron chi connectivity index (χ1n) is 8.52. The van der Waals surface area contributed by atoms with Crippen molar-refractivity contribution in [3.8, 4) is 5.75 Å². The number of hydrogen-bond acceptors (Lipinski definition) is 3. The molecule has 0 aliphatic carbocycles. The van der Waals surface area contributed by atoms with Crippen molar-refractivity contribution in [1.82, 2.24) is 4.90 Å².